The second-order valence-corrected chi connectivity index (χ2v) is 6.99. The highest BCUT2D eigenvalue weighted by molar-refractivity contribution is 9.10. The molecule has 1 aliphatic rings. The van der Waals surface area contributed by atoms with Gasteiger partial charge in [0.1, 0.15) is 5.82 Å². The highest BCUT2D eigenvalue weighted by atomic mass is 79.9. The van der Waals surface area contributed by atoms with Crippen LogP contribution in [-0.4, -0.2) is 11.7 Å². The molecule has 3 rings (SSSR count). The number of amidine groups is 1. The van der Waals surface area contributed by atoms with E-state index in [1.807, 2.05) is 18.2 Å². The molecule has 6 heteroatoms. The second kappa shape index (κ2) is 6.38. The van der Waals surface area contributed by atoms with E-state index in [9.17, 15) is 4.39 Å². The van der Waals surface area contributed by atoms with Gasteiger partial charge >= 0.3 is 0 Å². The highest BCUT2D eigenvalue weighted by Crippen LogP contribution is 2.38. The summed E-state index contributed by atoms with van der Waals surface area (Å²) < 4.78 is 13.8. The maximum atomic E-state index is 13.2. The van der Waals surface area contributed by atoms with Crippen LogP contribution in [0.15, 0.2) is 51.9 Å². The van der Waals surface area contributed by atoms with Crippen LogP contribution in [-0.2, 0) is 0 Å². The van der Waals surface area contributed by atoms with Crippen LogP contribution >= 0.6 is 39.3 Å². The summed E-state index contributed by atoms with van der Waals surface area (Å²) in [7, 11) is 0. The van der Waals surface area contributed by atoms with E-state index in [-0.39, 0.29) is 5.82 Å². The van der Waals surface area contributed by atoms with Gasteiger partial charge in [-0.15, -0.1) is 0 Å². The Morgan fingerprint density at radius 1 is 1.29 bits per heavy atom. The van der Waals surface area contributed by atoms with E-state index in [4.69, 9.17) is 11.6 Å². The van der Waals surface area contributed by atoms with Crippen molar-refractivity contribution < 1.29 is 4.39 Å². The molecule has 108 valence electrons. The normalized spacial score (nSPS) is 17.7. The topological polar surface area (TPSA) is 24.4 Å². The van der Waals surface area contributed by atoms with Crippen molar-refractivity contribution in [2.45, 2.75) is 5.25 Å². The van der Waals surface area contributed by atoms with Crippen molar-refractivity contribution in [3.8, 4) is 0 Å². The van der Waals surface area contributed by atoms with Gasteiger partial charge in [-0.2, -0.15) is 0 Å². The number of halogens is 3. The van der Waals surface area contributed by atoms with E-state index in [2.05, 4.69) is 38.4 Å². The summed E-state index contributed by atoms with van der Waals surface area (Å²) in [4.78, 5) is 4.49. The van der Waals surface area contributed by atoms with Crippen molar-refractivity contribution in [3.63, 3.8) is 0 Å². The Bertz CT molecular complexity index is 670. The van der Waals surface area contributed by atoms with E-state index in [1.165, 1.54) is 17.7 Å². The lowest BCUT2D eigenvalue weighted by atomic mass is 10.1. The molecule has 0 bridgehead atoms. The third-order valence-electron chi connectivity index (χ3n) is 3.06. The van der Waals surface area contributed by atoms with Gasteiger partial charge in [0.05, 0.1) is 22.5 Å². The number of aliphatic imine (C=N–C) groups is 1. The Morgan fingerprint density at radius 2 is 2.05 bits per heavy atom. The fourth-order valence-electron chi connectivity index (χ4n) is 2.05. The van der Waals surface area contributed by atoms with E-state index < -0.39 is 0 Å². The Labute approximate surface area is 139 Å². The van der Waals surface area contributed by atoms with Crippen molar-refractivity contribution >= 4 is 50.1 Å². The van der Waals surface area contributed by atoms with Crippen LogP contribution in [0.4, 0.5) is 10.1 Å². The molecule has 0 aromatic heterocycles. The van der Waals surface area contributed by atoms with Crippen LogP contribution in [0.1, 0.15) is 10.8 Å². The molecule has 0 saturated heterocycles. The number of thioether (sulfide) groups is 1. The predicted molar refractivity (Wildman–Crippen MR) is 91.8 cm³/mol. The molecular formula is C15H11BrClFN2S. The zero-order chi connectivity index (χ0) is 14.8. The zero-order valence-electron chi connectivity index (χ0n) is 10.8. The van der Waals surface area contributed by atoms with Crippen molar-refractivity contribution in [2.75, 3.05) is 11.9 Å². The van der Waals surface area contributed by atoms with Gasteiger partial charge in [-0.3, -0.25) is 4.99 Å². The minimum absolute atomic E-state index is 0.298. The smallest absolute Gasteiger partial charge is 0.161 e. The van der Waals surface area contributed by atoms with Gasteiger partial charge in [-0.1, -0.05) is 53.7 Å². The van der Waals surface area contributed by atoms with Crippen LogP contribution < -0.4 is 5.32 Å². The summed E-state index contributed by atoms with van der Waals surface area (Å²) in [6.07, 6.45) is 0. The van der Waals surface area contributed by atoms with E-state index in [0.29, 0.717) is 27.0 Å². The lowest BCUT2D eigenvalue weighted by Gasteiger charge is -2.12. The molecule has 1 heterocycles. The largest absolute Gasteiger partial charge is 0.333 e. The molecular weight excluding hydrogens is 375 g/mol. The molecule has 0 radical (unpaired) electrons. The minimum Gasteiger partial charge on any atom is -0.333 e. The van der Waals surface area contributed by atoms with Gasteiger partial charge in [0.25, 0.3) is 0 Å². The first-order valence-corrected chi connectivity index (χ1v) is 8.36. The number of nitrogens with one attached hydrogen (secondary N) is 1. The molecule has 21 heavy (non-hydrogen) atoms. The number of nitrogens with zero attached hydrogens (tertiary/aromatic N) is 1. The van der Waals surface area contributed by atoms with Crippen molar-refractivity contribution in [2.24, 2.45) is 4.99 Å². The summed E-state index contributed by atoms with van der Waals surface area (Å²) in [5.41, 5.74) is 1.88. The third-order valence-corrected chi connectivity index (χ3v) is 5.15. The molecule has 1 aliphatic heterocycles. The molecule has 1 atom stereocenters. The average molecular weight is 386 g/mol. The van der Waals surface area contributed by atoms with Crippen LogP contribution in [0.3, 0.4) is 0 Å². The molecule has 2 nitrogen and oxygen atoms in total. The summed E-state index contributed by atoms with van der Waals surface area (Å²) in [5.74, 6) is -0.374. The van der Waals surface area contributed by atoms with Crippen molar-refractivity contribution in [3.05, 3.63) is 63.3 Å². The second-order valence-electron chi connectivity index (χ2n) is 4.53. The van der Waals surface area contributed by atoms with E-state index >= 15 is 0 Å². The summed E-state index contributed by atoms with van der Waals surface area (Å²) in [5, 5.41) is 4.59. The monoisotopic (exact) mass is 384 g/mol. The minimum atomic E-state index is -0.374. The molecule has 0 amide bonds. The van der Waals surface area contributed by atoms with Gasteiger partial charge in [-0.25, -0.2) is 4.39 Å². The van der Waals surface area contributed by atoms with Crippen LogP contribution in [0.2, 0.25) is 5.02 Å². The van der Waals surface area contributed by atoms with Crippen molar-refractivity contribution in [1.29, 1.82) is 0 Å². The number of anilines is 1. The number of benzene rings is 2. The predicted octanol–water partition coefficient (Wildman–Crippen LogP) is 5.50. The van der Waals surface area contributed by atoms with Gasteiger partial charge in [-0.05, 0) is 33.6 Å². The Kier molecular flexibility index (Phi) is 4.52. The van der Waals surface area contributed by atoms with E-state index in [0.717, 1.165) is 5.17 Å². The standard InChI is InChI=1S/C15H11BrClFN2S/c16-11-6-10(18)7-12(17)14(11)20-15-19-8-13(21-15)9-4-2-1-3-5-9/h1-7,13H,8H2,(H,19,20). The Balaban J connectivity index is 1.73. The van der Waals surface area contributed by atoms with Gasteiger partial charge in [0.15, 0.2) is 5.17 Å². The molecule has 1 N–H and O–H groups in total. The fourth-order valence-corrected chi connectivity index (χ4v) is 3.97. The van der Waals surface area contributed by atoms with Crippen LogP contribution in [0, 0.1) is 5.82 Å². The van der Waals surface area contributed by atoms with E-state index in [1.54, 1.807) is 11.8 Å². The third kappa shape index (κ3) is 3.42. The average Bonchev–Trinajstić information content (AvgIpc) is 2.92. The summed E-state index contributed by atoms with van der Waals surface area (Å²) in [6, 6.07) is 12.9. The molecule has 1 unspecified atom stereocenters. The maximum Gasteiger partial charge on any atom is 0.161 e. The molecule has 2 aromatic carbocycles. The first kappa shape index (κ1) is 14.9. The lowest BCUT2D eigenvalue weighted by Crippen LogP contribution is -2.06. The quantitative estimate of drug-likeness (QED) is 0.738. The maximum absolute atomic E-state index is 13.2. The van der Waals surface area contributed by atoms with Gasteiger partial charge < -0.3 is 5.32 Å². The molecule has 0 aliphatic carbocycles. The lowest BCUT2D eigenvalue weighted by molar-refractivity contribution is 0.627. The summed E-state index contributed by atoms with van der Waals surface area (Å²) in [6.45, 7) is 0.716. The van der Waals surface area contributed by atoms with Gasteiger partial charge in [0.2, 0.25) is 0 Å². The van der Waals surface area contributed by atoms with Crippen LogP contribution in [0.25, 0.3) is 0 Å². The van der Waals surface area contributed by atoms with Crippen molar-refractivity contribution in [1.82, 2.24) is 0 Å². The number of hydrogen-bond donors (Lipinski definition) is 1. The van der Waals surface area contributed by atoms with Gasteiger partial charge in [0, 0.05) is 4.47 Å². The Morgan fingerprint density at radius 3 is 2.76 bits per heavy atom. The molecule has 0 spiro atoms. The van der Waals surface area contributed by atoms with Crippen LogP contribution in [0.5, 0.6) is 0 Å². The number of rotatable bonds is 2. The number of hydrogen-bond acceptors (Lipinski definition) is 3. The molecule has 0 saturated carbocycles. The highest BCUT2D eigenvalue weighted by Gasteiger charge is 2.22. The SMILES string of the molecule is Fc1cc(Cl)c(NC2=NCC(c3ccccc3)S2)c(Br)c1. The summed E-state index contributed by atoms with van der Waals surface area (Å²) >= 11 is 11.0. The zero-order valence-corrected chi connectivity index (χ0v) is 14.0. The first-order chi connectivity index (χ1) is 10.1. The Hall–Kier alpha value is -1.04. The first-order valence-electron chi connectivity index (χ1n) is 6.31. The fraction of sp³-hybridized carbons (Fsp3) is 0.133. The molecule has 2 aromatic rings. The molecule has 0 fully saturated rings.